The molecule has 4 rings (SSSR count). The monoisotopic (exact) mass is 432 g/mol. The van der Waals surface area contributed by atoms with Crippen LogP contribution in [0.15, 0.2) is 61.1 Å². The third-order valence-corrected chi connectivity index (χ3v) is 5.29. The average molecular weight is 432 g/mol. The summed E-state index contributed by atoms with van der Waals surface area (Å²) in [6.45, 7) is 2.98. The van der Waals surface area contributed by atoms with Crippen molar-refractivity contribution in [1.82, 2.24) is 19.9 Å². The smallest absolute Gasteiger partial charge is 0.251 e. The number of pyridine rings is 1. The molecule has 0 atom stereocenters. The molecular formula is C25H25FN4O2. The lowest BCUT2D eigenvalue weighted by Crippen LogP contribution is -2.24. The van der Waals surface area contributed by atoms with E-state index in [1.807, 2.05) is 36.9 Å². The molecule has 0 aliphatic carbocycles. The van der Waals surface area contributed by atoms with Gasteiger partial charge in [0.25, 0.3) is 5.91 Å². The average Bonchev–Trinajstić information content (AvgIpc) is 3.21. The van der Waals surface area contributed by atoms with E-state index in [0.717, 1.165) is 29.5 Å². The fourth-order valence-electron chi connectivity index (χ4n) is 3.58. The van der Waals surface area contributed by atoms with E-state index in [4.69, 9.17) is 9.72 Å². The van der Waals surface area contributed by atoms with Crippen LogP contribution < -0.4 is 10.1 Å². The molecule has 32 heavy (non-hydrogen) atoms. The van der Waals surface area contributed by atoms with Crippen molar-refractivity contribution in [2.75, 3.05) is 13.2 Å². The lowest BCUT2D eigenvalue weighted by molar-refractivity contribution is 0.0953. The molecular weight excluding hydrogens is 407 g/mol. The molecule has 7 heteroatoms. The van der Waals surface area contributed by atoms with E-state index in [9.17, 15) is 9.18 Å². The largest absolute Gasteiger partial charge is 0.493 e. The van der Waals surface area contributed by atoms with Gasteiger partial charge in [0.05, 0.1) is 24.1 Å². The molecule has 2 aromatic heterocycles. The summed E-state index contributed by atoms with van der Waals surface area (Å²) in [7, 11) is 1.96. The Morgan fingerprint density at radius 1 is 1.16 bits per heavy atom. The Hall–Kier alpha value is -3.74. The normalized spacial score (nSPS) is 11.0. The number of amides is 1. The molecule has 164 valence electrons. The number of carbonyl (C=O) groups excluding carboxylic acids is 1. The zero-order valence-electron chi connectivity index (χ0n) is 18.1. The number of halogens is 1. The molecule has 0 unspecified atom stereocenters. The van der Waals surface area contributed by atoms with E-state index >= 15 is 0 Å². The molecule has 0 aliphatic rings. The number of nitrogens with one attached hydrogen (secondary N) is 1. The standard InChI is InChI=1S/C25H25FN4O2/c1-3-32-24-14-22(17-6-9-19(26)10-7-17)29-23-13-18(8-11-21(23)24)25(31)28-12-4-5-20-15-27-16-30(20)2/h6-11,13-16H,3-5,12H2,1-2H3,(H,28,31). The van der Waals surface area contributed by atoms with Crippen molar-refractivity contribution in [2.45, 2.75) is 19.8 Å². The van der Waals surface area contributed by atoms with Gasteiger partial charge in [0.2, 0.25) is 0 Å². The van der Waals surface area contributed by atoms with Crippen molar-refractivity contribution in [1.29, 1.82) is 0 Å². The van der Waals surface area contributed by atoms with E-state index in [0.29, 0.717) is 35.7 Å². The first-order chi connectivity index (χ1) is 15.5. The molecule has 1 amide bonds. The molecule has 0 fully saturated rings. The SMILES string of the molecule is CCOc1cc(-c2ccc(F)cc2)nc2cc(C(=O)NCCCc3cncn3C)ccc12. The van der Waals surface area contributed by atoms with Gasteiger partial charge in [0, 0.05) is 48.1 Å². The molecule has 2 aromatic carbocycles. The zero-order valence-corrected chi connectivity index (χ0v) is 18.1. The van der Waals surface area contributed by atoms with Crippen LogP contribution in [-0.4, -0.2) is 33.6 Å². The van der Waals surface area contributed by atoms with E-state index < -0.39 is 0 Å². The van der Waals surface area contributed by atoms with Gasteiger partial charge >= 0.3 is 0 Å². The fraction of sp³-hybridized carbons (Fsp3) is 0.240. The number of imidazole rings is 1. The first-order valence-corrected chi connectivity index (χ1v) is 10.6. The summed E-state index contributed by atoms with van der Waals surface area (Å²) in [5, 5.41) is 3.79. The topological polar surface area (TPSA) is 69.0 Å². The predicted molar refractivity (Wildman–Crippen MR) is 122 cm³/mol. The van der Waals surface area contributed by atoms with Gasteiger partial charge in [-0.25, -0.2) is 14.4 Å². The van der Waals surface area contributed by atoms with Crippen LogP contribution in [-0.2, 0) is 13.5 Å². The molecule has 0 bridgehead atoms. The Kier molecular flexibility index (Phi) is 6.44. The summed E-state index contributed by atoms with van der Waals surface area (Å²) >= 11 is 0. The highest BCUT2D eigenvalue weighted by Crippen LogP contribution is 2.31. The number of rotatable bonds is 8. The molecule has 2 heterocycles. The highest BCUT2D eigenvalue weighted by Gasteiger charge is 2.12. The van der Waals surface area contributed by atoms with Crippen LogP contribution in [0.25, 0.3) is 22.2 Å². The number of benzene rings is 2. The van der Waals surface area contributed by atoms with Crippen LogP contribution in [0.3, 0.4) is 0 Å². The van der Waals surface area contributed by atoms with E-state index in [1.54, 1.807) is 30.6 Å². The first kappa shape index (κ1) is 21.5. The third-order valence-electron chi connectivity index (χ3n) is 5.29. The molecule has 6 nitrogen and oxygen atoms in total. The minimum Gasteiger partial charge on any atom is -0.493 e. The number of hydrogen-bond acceptors (Lipinski definition) is 4. The lowest BCUT2D eigenvalue weighted by Gasteiger charge is -2.12. The molecule has 4 aromatic rings. The predicted octanol–water partition coefficient (Wildman–Crippen LogP) is 4.54. The van der Waals surface area contributed by atoms with Gasteiger partial charge in [-0.15, -0.1) is 0 Å². The molecule has 0 radical (unpaired) electrons. The molecule has 0 saturated heterocycles. The van der Waals surface area contributed by atoms with Crippen molar-refractivity contribution >= 4 is 16.8 Å². The van der Waals surface area contributed by atoms with Crippen LogP contribution in [0.4, 0.5) is 4.39 Å². The van der Waals surface area contributed by atoms with Gasteiger partial charge in [0.1, 0.15) is 11.6 Å². The molecule has 0 saturated carbocycles. The van der Waals surface area contributed by atoms with Crippen molar-refractivity contribution < 1.29 is 13.9 Å². The second kappa shape index (κ2) is 9.60. The van der Waals surface area contributed by atoms with Gasteiger partial charge in [0.15, 0.2) is 0 Å². The van der Waals surface area contributed by atoms with Crippen LogP contribution in [0.1, 0.15) is 29.4 Å². The van der Waals surface area contributed by atoms with Crippen molar-refractivity contribution in [3.63, 3.8) is 0 Å². The van der Waals surface area contributed by atoms with Gasteiger partial charge < -0.3 is 14.6 Å². The van der Waals surface area contributed by atoms with Crippen LogP contribution >= 0.6 is 0 Å². The van der Waals surface area contributed by atoms with Crippen LogP contribution in [0.2, 0.25) is 0 Å². The van der Waals surface area contributed by atoms with Crippen molar-refractivity contribution in [3.05, 3.63) is 78.1 Å². The molecule has 0 aliphatic heterocycles. The van der Waals surface area contributed by atoms with E-state index in [1.165, 1.54) is 12.1 Å². The molecule has 0 spiro atoms. The Balaban J connectivity index is 1.54. The summed E-state index contributed by atoms with van der Waals surface area (Å²) in [6.07, 6.45) is 5.27. The quantitative estimate of drug-likeness (QED) is 0.415. The van der Waals surface area contributed by atoms with E-state index in [2.05, 4.69) is 10.3 Å². The van der Waals surface area contributed by atoms with Crippen molar-refractivity contribution in [3.8, 4) is 17.0 Å². The summed E-state index contributed by atoms with van der Waals surface area (Å²) in [5.41, 5.74) is 3.75. The Bertz CT molecular complexity index is 1230. The summed E-state index contributed by atoms with van der Waals surface area (Å²) in [6, 6.07) is 13.4. The zero-order chi connectivity index (χ0) is 22.5. The third kappa shape index (κ3) is 4.77. The number of carbonyl (C=O) groups is 1. The lowest BCUT2D eigenvalue weighted by atomic mass is 10.1. The maximum Gasteiger partial charge on any atom is 0.251 e. The number of ether oxygens (including phenoxy) is 1. The number of aryl methyl sites for hydroxylation is 2. The maximum atomic E-state index is 13.3. The minimum atomic E-state index is -0.304. The van der Waals surface area contributed by atoms with Gasteiger partial charge in [-0.1, -0.05) is 0 Å². The second-order valence-electron chi connectivity index (χ2n) is 7.53. The number of fused-ring (bicyclic) bond motifs is 1. The summed E-state index contributed by atoms with van der Waals surface area (Å²) < 4.78 is 21.1. The van der Waals surface area contributed by atoms with Crippen molar-refractivity contribution in [2.24, 2.45) is 7.05 Å². The maximum absolute atomic E-state index is 13.3. The van der Waals surface area contributed by atoms with Crippen LogP contribution in [0, 0.1) is 5.82 Å². The summed E-state index contributed by atoms with van der Waals surface area (Å²) in [5.74, 6) is 0.228. The Labute approximate surface area is 186 Å². The van der Waals surface area contributed by atoms with Gasteiger partial charge in [-0.3, -0.25) is 4.79 Å². The van der Waals surface area contributed by atoms with E-state index in [-0.39, 0.29) is 11.7 Å². The fourth-order valence-corrected chi connectivity index (χ4v) is 3.58. The van der Waals surface area contributed by atoms with Crippen LogP contribution in [0.5, 0.6) is 5.75 Å². The number of hydrogen-bond donors (Lipinski definition) is 1. The molecule has 1 N–H and O–H groups in total. The second-order valence-corrected chi connectivity index (χ2v) is 7.53. The minimum absolute atomic E-state index is 0.149. The Morgan fingerprint density at radius 3 is 2.69 bits per heavy atom. The highest BCUT2D eigenvalue weighted by atomic mass is 19.1. The highest BCUT2D eigenvalue weighted by molar-refractivity contribution is 5.99. The number of aromatic nitrogens is 3. The summed E-state index contributed by atoms with van der Waals surface area (Å²) in [4.78, 5) is 21.5. The van der Waals surface area contributed by atoms with Gasteiger partial charge in [-0.2, -0.15) is 0 Å². The van der Waals surface area contributed by atoms with Gasteiger partial charge in [-0.05, 0) is 62.2 Å². The Morgan fingerprint density at radius 2 is 1.97 bits per heavy atom. The first-order valence-electron chi connectivity index (χ1n) is 10.6. The number of nitrogens with zero attached hydrogens (tertiary/aromatic N) is 3.